The van der Waals surface area contributed by atoms with Crippen molar-refractivity contribution in [2.45, 2.75) is 63.1 Å². The van der Waals surface area contributed by atoms with Crippen molar-refractivity contribution < 1.29 is 8.78 Å². The van der Waals surface area contributed by atoms with Crippen LogP contribution in [0.5, 0.6) is 0 Å². The first-order valence-corrected chi connectivity index (χ1v) is 9.91. The Morgan fingerprint density at radius 3 is 2.37 bits per heavy atom. The maximum absolute atomic E-state index is 14.0. The summed E-state index contributed by atoms with van der Waals surface area (Å²) < 4.78 is 27.9. The second-order valence-electron chi connectivity index (χ2n) is 7.74. The van der Waals surface area contributed by atoms with E-state index >= 15 is 0 Å². The van der Waals surface area contributed by atoms with Gasteiger partial charge in [0.25, 0.3) is 0 Å². The van der Waals surface area contributed by atoms with Crippen molar-refractivity contribution in [2.24, 2.45) is 4.99 Å². The summed E-state index contributed by atoms with van der Waals surface area (Å²) in [5.74, 6) is -0.235. The molecule has 3 aliphatic rings. The molecule has 1 aliphatic heterocycles. The molecule has 2 N–H and O–H groups in total. The van der Waals surface area contributed by atoms with Gasteiger partial charge in [-0.05, 0) is 51.2 Å². The van der Waals surface area contributed by atoms with Crippen molar-refractivity contribution in [3.05, 3.63) is 35.4 Å². The van der Waals surface area contributed by atoms with Gasteiger partial charge in [-0.3, -0.25) is 4.99 Å². The van der Waals surface area contributed by atoms with E-state index in [-0.39, 0.29) is 41.5 Å². The third-order valence-electron chi connectivity index (χ3n) is 5.73. The van der Waals surface area contributed by atoms with Gasteiger partial charge in [0.05, 0.1) is 0 Å². The Labute approximate surface area is 177 Å². The highest BCUT2D eigenvalue weighted by molar-refractivity contribution is 14.0. The number of guanidine groups is 1. The monoisotopic (exact) mass is 490 g/mol. The highest BCUT2D eigenvalue weighted by Gasteiger charge is 2.42. The number of halogens is 3. The normalized spacial score (nSPS) is 26.4. The molecule has 150 valence electrons. The number of piperidine rings is 1. The first-order chi connectivity index (χ1) is 12.7. The van der Waals surface area contributed by atoms with Crippen LogP contribution in [0.1, 0.15) is 50.5 Å². The second-order valence-corrected chi connectivity index (χ2v) is 7.74. The Balaban J connectivity index is 0.00000210. The highest BCUT2D eigenvalue weighted by Crippen LogP contribution is 2.43. The summed E-state index contributed by atoms with van der Waals surface area (Å²) in [7, 11) is 0. The van der Waals surface area contributed by atoms with Crippen LogP contribution in [0.15, 0.2) is 23.2 Å². The van der Waals surface area contributed by atoms with Crippen molar-refractivity contribution in [1.82, 2.24) is 15.5 Å². The van der Waals surface area contributed by atoms with Gasteiger partial charge in [-0.1, -0.05) is 6.07 Å². The van der Waals surface area contributed by atoms with E-state index < -0.39 is 11.6 Å². The van der Waals surface area contributed by atoms with Crippen LogP contribution in [0.2, 0.25) is 0 Å². The van der Waals surface area contributed by atoms with E-state index in [1.165, 1.54) is 31.0 Å². The van der Waals surface area contributed by atoms with Crippen LogP contribution >= 0.6 is 24.0 Å². The molecular formula is C20H29F2IN4. The van der Waals surface area contributed by atoms with Gasteiger partial charge in [-0.2, -0.15) is 0 Å². The summed E-state index contributed by atoms with van der Waals surface area (Å²) in [6, 6.07) is 5.39. The van der Waals surface area contributed by atoms with Gasteiger partial charge in [-0.25, -0.2) is 8.78 Å². The van der Waals surface area contributed by atoms with Crippen LogP contribution in [0.3, 0.4) is 0 Å². The smallest absolute Gasteiger partial charge is 0.191 e. The second kappa shape index (κ2) is 9.03. The van der Waals surface area contributed by atoms with Crippen molar-refractivity contribution in [3.63, 3.8) is 0 Å². The molecule has 0 aromatic heterocycles. The van der Waals surface area contributed by atoms with E-state index in [1.54, 1.807) is 0 Å². The summed E-state index contributed by atoms with van der Waals surface area (Å²) in [6.45, 7) is 4.98. The molecule has 0 spiro atoms. The van der Waals surface area contributed by atoms with E-state index in [0.717, 1.165) is 44.4 Å². The van der Waals surface area contributed by atoms with E-state index in [1.807, 2.05) is 6.92 Å². The third kappa shape index (κ3) is 5.10. The van der Waals surface area contributed by atoms with E-state index in [0.29, 0.717) is 12.6 Å². The van der Waals surface area contributed by atoms with Crippen LogP contribution in [-0.4, -0.2) is 48.6 Å². The summed E-state index contributed by atoms with van der Waals surface area (Å²) in [6.07, 6.45) is 5.70. The van der Waals surface area contributed by atoms with Crippen molar-refractivity contribution in [3.8, 4) is 0 Å². The summed E-state index contributed by atoms with van der Waals surface area (Å²) in [4.78, 5) is 7.13. The van der Waals surface area contributed by atoms with Gasteiger partial charge in [0.1, 0.15) is 11.6 Å². The first kappa shape index (κ1) is 20.8. The topological polar surface area (TPSA) is 39.7 Å². The number of hydrogen-bond donors (Lipinski definition) is 2. The summed E-state index contributed by atoms with van der Waals surface area (Å²) in [5, 5.41) is 6.91. The zero-order chi connectivity index (χ0) is 18.1. The largest absolute Gasteiger partial charge is 0.354 e. The Bertz CT molecular complexity index is 652. The lowest BCUT2D eigenvalue weighted by Crippen LogP contribution is -2.49. The molecule has 0 amide bonds. The Kier molecular flexibility index (Phi) is 6.94. The van der Waals surface area contributed by atoms with Gasteiger partial charge in [-0.15, -0.1) is 24.0 Å². The predicted octanol–water partition coefficient (Wildman–Crippen LogP) is 3.62. The number of nitrogens with zero attached hydrogens (tertiary/aromatic N) is 2. The molecule has 2 atom stereocenters. The van der Waals surface area contributed by atoms with Crippen molar-refractivity contribution >= 4 is 29.9 Å². The van der Waals surface area contributed by atoms with Gasteiger partial charge >= 0.3 is 0 Å². The molecule has 2 saturated carbocycles. The number of likely N-dealkylation sites (tertiary alicyclic amines) is 1. The number of hydrogen-bond acceptors (Lipinski definition) is 2. The molecule has 27 heavy (non-hydrogen) atoms. The molecule has 3 fully saturated rings. The Morgan fingerprint density at radius 1 is 1.11 bits per heavy atom. The molecule has 4 nitrogen and oxygen atoms in total. The standard InChI is InChI=1S/C20H28F2N4.HI/c1-2-23-20(24-13-8-10-26(11-9-13)14-6-7-14)25-18-12-15(18)19-16(21)4-3-5-17(19)22;/h3-5,13-15,18H,2,6-12H2,1H3,(H2,23,24,25);1H. The van der Waals surface area contributed by atoms with E-state index in [2.05, 4.69) is 20.5 Å². The van der Waals surface area contributed by atoms with Crippen LogP contribution in [0.25, 0.3) is 0 Å². The Morgan fingerprint density at radius 2 is 1.78 bits per heavy atom. The van der Waals surface area contributed by atoms with E-state index in [9.17, 15) is 8.78 Å². The molecule has 0 radical (unpaired) electrons. The third-order valence-corrected chi connectivity index (χ3v) is 5.73. The van der Waals surface area contributed by atoms with Crippen molar-refractivity contribution in [1.29, 1.82) is 0 Å². The highest BCUT2D eigenvalue weighted by atomic mass is 127. The summed E-state index contributed by atoms with van der Waals surface area (Å²) in [5.41, 5.74) is 0.207. The fourth-order valence-corrected chi connectivity index (χ4v) is 4.05. The first-order valence-electron chi connectivity index (χ1n) is 9.91. The molecule has 2 aliphatic carbocycles. The molecule has 0 bridgehead atoms. The van der Waals surface area contributed by atoms with Crippen LogP contribution in [-0.2, 0) is 0 Å². The average molecular weight is 490 g/mol. The maximum atomic E-state index is 14.0. The maximum Gasteiger partial charge on any atom is 0.191 e. The number of nitrogens with one attached hydrogen (secondary N) is 2. The minimum absolute atomic E-state index is 0. The predicted molar refractivity (Wildman–Crippen MR) is 115 cm³/mol. The van der Waals surface area contributed by atoms with Crippen LogP contribution < -0.4 is 10.6 Å². The van der Waals surface area contributed by atoms with Gasteiger partial charge in [0, 0.05) is 49.2 Å². The molecule has 4 rings (SSSR count). The molecule has 1 aromatic rings. The lowest BCUT2D eigenvalue weighted by Gasteiger charge is -2.33. The van der Waals surface area contributed by atoms with Crippen molar-refractivity contribution in [2.75, 3.05) is 19.6 Å². The number of rotatable bonds is 5. The van der Waals surface area contributed by atoms with Crippen LogP contribution in [0, 0.1) is 11.6 Å². The molecular weight excluding hydrogens is 461 g/mol. The lowest BCUT2D eigenvalue weighted by molar-refractivity contribution is 0.197. The number of aliphatic imine (C=N–C) groups is 1. The fraction of sp³-hybridized carbons (Fsp3) is 0.650. The van der Waals surface area contributed by atoms with Gasteiger partial charge in [0.2, 0.25) is 0 Å². The molecule has 1 heterocycles. The average Bonchev–Trinajstić information content (AvgIpc) is 3.52. The van der Waals surface area contributed by atoms with Gasteiger partial charge < -0.3 is 15.5 Å². The summed E-state index contributed by atoms with van der Waals surface area (Å²) >= 11 is 0. The van der Waals surface area contributed by atoms with Gasteiger partial charge in [0.15, 0.2) is 5.96 Å². The Hall–Kier alpha value is -0.960. The zero-order valence-electron chi connectivity index (χ0n) is 15.8. The minimum atomic E-state index is -0.450. The quantitative estimate of drug-likeness (QED) is 0.377. The minimum Gasteiger partial charge on any atom is -0.354 e. The SMILES string of the molecule is CCN=C(NC1CCN(C2CC2)CC1)NC1CC1c1c(F)cccc1F.I. The lowest BCUT2D eigenvalue weighted by atomic mass is 10.1. The fourth-order valence-electron chi connectivity index (χ4n) is 4.05. The molecule has 2 unspecified atom stereocenters. The zero-order valence-corrected chi connectivity index (χ0v) is 18.1. The molecule has 1 saturated heterocycles. The van der Waals surface area contributed by atoms with E-state index in [4.69, 9.17) is 0 Å². The number of benzene rings is 1. The molecule has 7 heteroatoms. The molecule has 1 aromatic carbocycles. The van der Waals surface area contributed by atoms with Crippen LogP contribution in [0.4, 0.5) is 8.78 Å².